The largest absolute Gasteiger partial charge is 0.506 e. The first-order valence-electron chi connectivity index (χ1n) is 12.9. The minimum absolute atomic E-state index is 0.0194. The van der Waals surface area contributed by atoms with Crippen LogP contribution in [0, 0.1) is 0 Å². The van der Waals surface area contributed by atoms with E-state index in [9.17, 15) is 48.0 Å². The molecule has 2 aromatic heterocycles. The van der Waals surface area contributed by atoms with Gasteiger partial charge in [-0.2, -0.15) is 13.2 Å². The highest BCUT2D eigenvalue weighted by Crippen LogP contribution is 2.26. The molecule has 0 radical (unpaired) electrons. The van der Waals surface area contributed by atoms with Gasteiger partial charge in [0.2, 0.25) is 17.0 Å². The lowest BCUT2D eigenvalue weighted by Crippen LogP contribution is -2.41. The number of carbonyl (C=O) groups excluding carboxylic acids is 2. The number of anilines is 2. The number of nitrogens with zero attached hydrogens (tertiary/aromatic N) is 3. The molecule has 0 aliphatic carbocycles. The molecule has 1 unspecified atom stereocenters. The van der Waals surface area contributed by atoms with Crippen molar-refractivity contribution >= 4 is 41.1 Å². The van der Waals surface area contributed by atoms with Crippen molar-refractivity contribution in [1.29, 1.82) is 0 Å². The molecule has 252 valence electrons. The molecule has 1 atom stereocenters. The summed E-state index contributed by atoms with van der Waals surface area (Å²) in [5.74, 6) is -7.40. The number of aromatic amines is 2. The Labute approximate surface area is 261 Å². The molecule has 0 aliphatic rings. The fourth-order valence-electron chi connectivity index (χ4n) is 3.80. The molecule has 0 saturated carbocycles. The maximum absolute atomic E-state index is 13.5. The summed E-state index contributed by atoms with van der Waals surface area (Å²) >= 11 is 0. The van der Waals surface area contributed by atoms with Crippen molar-refractivity contribution in [3.8, 4) is 0 Å². The third-order valence-electron chi connectivity index (χ3n) is 5.93. The van der Waals surface area contributed by atoms with E-state index in [1.807, 2.05) is 0 Å². The highest BCUT2D eigenvalue weighted by molar-refractivity contribution is 5.98. The Morgan fingerprint density at radius 1 is 1.13 bits per heavy atom. The zero-order chi connectivity index (χ0) is 35.6. The number of aliphatic hydroxyl groups is 5. The van der Waals surface area contributed by atoms with Gasteiger partial charge in [0.1, 0.15) is 18.5 Å². The first-order valence-corrected chi connectivity index (χ1v) is 12.9. The summed E-state index contributed by atoms with van der Waals surface area (Å²) in [5, 5.41) is 57.0. The minimum Gasteiger partial charge on any atom is -0.506 e. The molecule has 0 spiro atoms. The number of carboxylic acid groups (broad SMARTS) is 1. The average molecular weight is 669 g/mol. The second-order valence-corrected chi connectivity index (χ2v) is 9.41. The maximum Gasteiger partial charge on any atom is 0.471 e. The van der Waals surface area contributed by atoms with Crippen LogP contribution in [0.3, 0.4) is 0 Å². The average Bonchev–Trinajstić information content (AvgIpc) is 3.01. The van der Waals surface area contributed by atoms with Crippen LogP contribution in [-0.4, -0.2) is 82.7 Å². The SMILES string of the molecule is C=C(CC(C)NC(=O)c1ccc(N(Cc2c[nH+]c3nc(N)[nH]c(=O)c3n2)C(=O)C(F)(F)F)cc1)/C(O)=C(O)\C(O)=C(\O)CO.O=CO. The zero-order valence-electron chi connectivity index (χ0n) is 24.2. The summed E-state index contributed by atoms with van der Waals surface area (Å²) in [5.41, 5.74) is 3.87. The van der Waals surface area contributed by atoms with Gasteiger partial charge in [-0.1, -0.05) is 6.58 Å². The van der Waals surface area contributed by atoms with Crippen LogP contribution in [0.15, 0.2) is 70.4 Å². The number of alkyl halides is 3. The first kappa shape index (κ1) is 37.0. The van der Waals surface area contributed by atoms with Crippen molar-refractivity contribution < 1.29 is 63.2 Å². The summed E-state index contributed by atoms with van der Waals surface area (Å²) < 4.78 is 40.4. The predicted octanol–water partition coefficient (Wildman–Crippen LogP) is 1.22. The Hall–Kier alpha value is -6.18. The lowest BCUT2D eigenvalue weighted by atomic mass is 10.1. The molecule has 0 saturated heterocycles. The lowest BCUT2D eigenvalue weighted by molar-refractivity contribution is -0.349. The molecule has 17 nitrogen and oxygen atoms in total. The van der Waals surface area contributed by atoms with E-state index in [2.05, 4.69) is 31.8 Å². The number of nitrogens with two attached hydrogens (primary N) is 1. The van der Waals surface area contributed by atoms with E-state index < -0.39 is 65.8 Å². The molecule has 2 heterocycles. The lowest BCUT2D eigenvalue weighted by Gasteiger charge is -2.23. The van der Waals surface area contributed by atoms with Crippen molar-refractivity contribution in [2.75, 3.05) is 17.2 Å². The molecule has 47 heavy (non-hydrogen) atoms. The molecule has 11 N–H and O–H groups in total. The molecule has 3 rings (SSSR count). The van der Waals surface area contributed by atoms with Gasteiger partial charge in [-0.05, 0) is 48.2 Å². The van der Waals surface area contributed by atoms with Gasteiger partial charge in [-0.15, -0.1) is 0 Å². The molecule has 2 amide bonds. The Bertz CT molecular complexity index is 1770. The highest BCUT2D eigenvalue weighted by Gasteiger charge is 2.43. The van der Waals surface area contributed by atoms with Crippen LogP contribution in [0.1, 0.15) is 29.4 Å². The number of benzene rings is 1. The van der Waals surface area contributed by atoms with Gasteiger partial charge in [0.15, 0.2) is 11.5 Å². The summed E-state index contributed by atoms with van der Waals surface area (Å²) in [6.07, 6.45) is -4.29. The standard InChI is InChI=1S/C26H26F3N7O8.CH2O2/c1-11(18(39)20(41)19(40)16(38)10-37)7-12(2)32-22(42)13-3-5-15(6-4-13)36(24(44)26(27,28)29)9-14-8-31-21-17(33-14)23(43)35-25(30)34-21;2-1-3/h3-6,8,12,37-41H,1,7,9-10H2,2H3,(H,32,42)(H3,30,31,34,35,43);1H,(H,2,3)/p+1/b19-16-,20-18-;. The summed E-state index contributed by atoms with van der Waals surface area (Å²) in [7, 11) is 0. The Morgan fingerprint density at radius 2 is 1.72 bits per heavy atom. The van der Waals surface area contributed by atoms with E-state index in [1.54, 1.807) is 0 Å². The minimum atomic E-state index is -5.28. The Balaban J connectivity index is 0.00000246. The number of halogens is 3. The number of H-pyrrole nitrogens is 2. The molecule has 20 heteroatoms. The monoisotopic (exact) mass is 668 g/mol. The van der Waals surface area contributed by atoms with E-state index >= 15 is 0 Å². The number of allylic oxidation sites excluding steroid dienone is 1. The number of nitrogen functional groups attached to an aromatic ring is 1. The Morgan fingerprint density at radius 3 is 2.28 bits per heavy atom. The summed E-state index contributed by atoms with van der Waals surface area (Å²) in [6.45, 7) is 3.04. The number of hydrogen-bond donors (Lipinski definition) is 9. The summed E-state index contributed by atoms with van der Waals surface area (Å²) in [6, 6.07) is 3.76. The number of hydrogen-bond acceptors (Lipinski definition) is 12. The third-order valence-corrected chi connectivity index (χ3v) is 5.93. The van der Waals surface area contributed by atoms with Crippen LogP contribution >= 0.6 is 0 Å². The van der Waals surface area contributed by atoms with Gasteiger partial charge in [0.05, 0.1) is 6.54 Å². The van der Waals surface area contributed by atoms with E-state index in [0.29, 0.717) is 4.90 Å². The second-order valence-electron chi connectivity index (χ2n) is 9.41. The van der Waals surface area contributed by atoms with Crippen LogP contribution in [0.5, 0.6) is 0 Å². The predicted molar refractivity (Wildman–Crippen MR) is 156 cm³/mol. The molecular formula is C27H29F3N7O10+. The van der Waals surface area contributed by atoms with E-state index in [0.717, 1.165) is 30.5 Å². The van der Waals surface area contributed by atoms with Crippen LogP contribution in [0.4, 0.5) is 24.8 Å². The maximum atomic E-state index is 13.5. The van der Waals surface area contributed by atoms with Crippen LogP contribution in [-0.2, 0) is 16.1 Å². The summed E-state index contributed by atoms with van der Waals surface area (Å²) in [4.78, 5) is 58.5. The fraction of sp³-hybridized carbons (Fsp3) is 0.222. The number of aromatic nitrogens is 4. The van der Waals surface area contributed by atoms with Gasteiger partial charge in [-0.25, -0.2) is 9.97 Å². The number of rotatable bonds is 10. The van der Waals surface area contributed by atoms with Crippen LogP contribution in [0.2, 0.25) is 0 Å². The fourth-order valence-corrected chi connectivity index (χ4v) is 3.80. The molecule has 3 aromatic rings. The van der Waals surface area contributed by atoms with Crippen LogP contribution in [0.25, 0.3) is 11.2 Å². The van der Waals surface area contributed by atoms with E-state index in [1.165, 1.54) is 6.92 Å². The zero-order valence-corrected chi connectivity index (χ0v) is 24.2. The number of fused-ring (bicyclic) bond motifs is 1. The molecule has 0 fully saturated rings. The normalized spacial score (nSPS) is 12.9. The van der Waals surface area contributed by atoms with Gasteiger partial charge in [0, 0.05) is 17.3 Å². The topological polar surface area (TPSA) is 287 Å². The molecular weight excluding hydrogens is 639 g/mol. The number of nitrogens with one attached hydrogen (secondary N) is 3. The van der Waals surface area contributed by atoms with Crippen LogP contribution < -0.4 is 26.5 Å². The van der Waals surface area contributed by atoms with Crippen molar-refractivity contribution in [3.63, 3.8) is 0 Å². The quantitative estimate of drug-likeness (QED) is 0.0835. The smallest absolute Gasteiger partial charge is 0.471 e. The van der Waals surface area contributed by atoms with Gasteiger partial charge >= 0.3 is 23.7 Å². The number of amides is 2. The van der Waals surface area contributed by atoms with E-state index in [4.69, 9.17) is 20.7 Å². The molecule has 1 aromatic carbocycles. The highest BCUT2D eigenvalue weighted by atomic mass is 19.4. The molecule has 0 aliphatic heterocycles. The van der Waals surface area contributed by atoms with Crippen molar-refractivity contribution in [2.45, 2.75) is 32.1 Å². The molecule has 0 bridgehead atoms. The van der Waals surface area contributed by atoms with E-state index in [-0.39, 0.29) is 52.5 Å². The second kappa shape index (κ2) is 15.7. The first-order chi connectivity index (χ1) is 21.9. The number of carbonyl (C=O) groups is 3. The number of aliphatic hydroxyl groups excluding tert-OH is 5. The van der Waals surface area contributed by atoms with Gasteiger partial charge < -0.3 is 41.7 Å². The Kier molecular flexibility index (Phi) is 12.4. The van der Waals surface area contributed by atoms with Crippen molar-refractivity contribution in [2.24, 2.45) is 0 Å². The third kappa shape index (κ3) is 9.65. The van der Waals surface area contributed by atoms with Gasteiger partial charge in [-0.3, -0.25) is 29.1 Å². The van der Waals surface area contributed by atoms with Crippen molar-refractivity contribution in [3.05, 3.63) is 87.3 Å². The van der Waals surface area contributed by atoms with Gasteiger partial charge in [0.25, 0.3) is 17.9 Å². The van der Waals surface area contributed by atoms with Crippen molar-refractivity contribution in [1.82, 2.24) is 20.3 Å².